The first-order valence-corrected chi connectivity index (χ1v) is 14.3. The molecule has 41 heavy (non-hydrogen) atoms. The molecule has 0 fully saturated rings. The molecule has 5 aromatic rings. The summed E-state index contributed by atoms with van der Waals surface area (Å²) >= 11 is 0. The molecule has 1 spiro atoms. The summed E-state index contributed by atoms with van der Waals surface area (Å²) in [6.45, 7) is 12.4. The molecule has 0 heteroatoms. The molecule has 0 aliphatic heterocycles. The third-order valence-corrected chi connectivity index (χ3v) is 8.96. The topological polar surface area (TPSA) is 0 Å². The second-order valence-corrected chi connectivity index (χ2v) is 10.8. The van der Waals surface area contributed by atoms with Crippen LogP contribution in [0.5, 0.6) is 0 Å². The first kappa shape index (κ1) is 25.1. The molecule has 196 valence electrons. The van der Waals surface area contributed by atoms with Crippen LogP contribution in [0.2, 0.25) is 0 Å². The van der Waals surface area contributed by atoms with Crippen LogP contribution in [0.1, 0.15) is 52.8 Å². The first-order chi connectivity index (χ1) is 20.2. The average Bonchev–Trinajstić information content (AvgIpc) is 3.49. The van der Waals surface area contributed by atoms with Crippen molar-refractivity contribution in [3.05, 3.63) is 173 Å². The molecule has 2 aliphatic carbocycles. The second kappa shape index (κ2) is 9.61. The minimum atomic E-state index is -0.388. The molecule has 0 unspecified atom stereocenters. The molecular weight excluding hydrogens is 492 g/mol. The van der Waals surface area contributed by atoms with Crippen LogP contribution in [0, 0.1) is 0 Å². The van der Waals surface area contributed by atoms with E-state index < -0.39 is 0 Å². The smallest absolute Gasteiger partial charge is 0.0725 e. The quantitative estimate of drug-likeness (QED) is 0.196. The molecule has 0 saturated heterocycles. The Hall–Kier alpha value is -4.94. The lowest BCUT2D eigenvalue weighted by Crippen LogP contribution is -2.26. The molecule has 0 nitrogen and oxygen atoms in total. The van der Waals surface area contributed by atoms with Gasteiger partial charge in [0.1, 0.15) is 0 Å². The van der Waals surface area contributed by atoms with Crippen molar-refractivity contribution in [2.45, 2.75) is 19.3 Å². The zero-order chi connectivity index (χ0) is 28.1. The van der Waals surface area contributed by atoms with Crippen molar-refractivity contribution in [2.24, 2.45) is 0 Å². The summed E-state index contributed by atoms with van der Waals surface area (Å²) in [5.74, 6) is 0. The standard InChI is InChI=1S/C41H32/c1-5-13-30-23-25-38-40(32(30)8-4)35-24-22-31(29-20-18-28(19-21-29)27(6-2)7-3)26-39(35)41(38)36-16-11-9-14-33(36)34-15-10-12-17-37(34)41/h5-26H,2,4H2,1,3H3/b13-5-,27-7+. The SMILES string of the molecule is C=C/C(=C\C)c1ccc(-c2ccc3c(c2)C2(c4ccccc4-c4ccccc42)c2ccc(/C=C\C)c(C=C)c2-3)cc1. The van der Waals surface area contributed by atoms with Crippen LogP contribution >= 0.6 is 0 Å². The monoisotopic (exact) mass is 524 g/mol. The van der Waals surface area contributed by atoms with E-state index in [-0.39, 0.29) is 5.41 Å². The van der Waals surface area contributed by atoms with Gasteiger partial charge in [0.15, 0.2) is 0 Å². The minimum absolute atomic E-state index is 0.388. The number of benzene rings is 5. The lowest BCUT2D eigenvalue weighted by Gasteiger charge is -2.31. The molecule has 7 rings (SSSR count). The van der Waals surface area contributed by atoms with E-state index in [1.807, 2.05) is 12.2 Å². The van der Waals surface area contributed by atoms with Crippen LogP contribution < -0.4 is 0 Å². The van der Waals surface area contributed by atoms with Gasteiger partial charge >= 0.3 is 0 Å². The summed E-state index contributed by atoms with van der Waals surface area (Å²) in [6.07, 6.45) is 10.4. The molecule has 0 aromatic heterocycles. The maximum Gasteiger partial charge on any atom is 0.0725 e. The maximum absolute atomic E-state index is 4.28. The highest BCUT2D eigenvalue weighted by Crippen LogP contribution is 2.63. The van der Waals surface area contributed by atoms with E-state index in [9.17, 15) is 0 Å². The van der Waals surface area contributed by atoms with Crippen LogP contribution in [0.3, 0.4) is 0 Å². The van der Waals surface area contributed by atoms with Crippen LogP contribution in [0.4, 0.5) is 0 Å². The van der Waals surface area contributed by atoms with Gasteiger partial charge in [-0.05, 0) is 97.8 Å². The molecule has 0 atom stereocenters. The average molecular weight is 525 g/mol. The molecular formula is C41H32. The van der Waals surface area contributed by atoms with Crippen molar-refractivity contribution in [1.82, 2.24) is 0 Å². The van der Waals surface area contributed by atoms with Gasteiger partial charge in [-0.15, -0.1) is 0 Å². The van der Waals surface area contributed by atoms with Gasteiger partial charge in [0.05, 0.1) is 5.41 Å². The minimum Gasteiger partial charge on any atom is -0.0985 e. The van der Waals surface area contributed by atoms with Gasteiger partial charge in [-0.2, -0.15) is 0 Å². The number of fused-ring (bicyclic) bond motifs is 10. The van der Waals surface area contributed by atoms with Gasteiger partial charge in [0.25, 0.3) is 0 Å². The fourth-order valence-corrected chi connectivity index (χ4v) is 7.25. The largest absolute Gasteiger partial charge is 0.0985 e. The molecule has 0 amide bonds. The van der Waals surface area contributed by atoms with Crippen molar-refractivity contribution in [3.8, 4) is 33.4 Å². The van der Waals surface area contributed by atoms with Crippen LogP contribution in [-0.4, -0.2) is 0 Å². The fourth-order valence-electron chi connectivity index (χ4n) is 7.25. The zero-order valence-electron chi connectivity index (χ0n) is 23.6. The molecule has 0 N–H and O–H groups in total. The Kier molecular flexibility index (Phi) is 5.87. The highest BCUT2D eigenvalue weighted by atomic mass is 14.5. The maximum atomic E-state index is 4.28. The number of hydrogen-bond donors (Lipinski definition) is 0. The van der Waals surface area contributed by atoms with Gasteiger partial charge in [-0.3, -0.25) is 0 Å². The highest BCUT2D eigenvalue weighted by molar-refractivity contribution is 5.99. The molecule has 0 saturated carbocycles. The Balaban J connectivity index is 1.56. The van der Waals surface area contributed by atoms with Crippen molar-refractivity contribution < 1.29 is 0 Å². The van der Waals surface area contributed by atoms with E-state index in [0.29, 0.717) is 0 Å². The normalized spacial score (nSPS) is 14.0. The van der Waals surface area contributed by atoms with E-state index in [2.05, 4.69) is 148 Å². The second-order valence-electron chi connectivity index (χ2n) is 10.8. The van der Waals surface area contributed by atoms with Gasteiger partial charge in [0, 0.05) is 0 Å². The highest BCUT2D eigenvalue weighted by Gasteiger charge is 2.52. The van der Waals surface area contributed by atoms with Crippen LogP contribution in [0.25, 0.3) is 51.1 Å². The summed E-state index contributed by atoms with van der Waals surface area (Å²) in [5.41, 5.74) is 17.4. The van der Waals surface area contributed by atoms with Gasteiger partial charge in [-0.1, -0.05) is 141 Å². The Morgan fingerprint density at radius 2 is 1.29 bits per heavy atom. The molecule has 2 aliphatic rings. The third-order valence-electron chi connectivity index (χ3n) is 8.96. The fraction of sp³-hybridized carbons (Fsp3) is 0.0732. The summed E-state index contributed by atoms with van der Waals surface area (Å²) in [7, 11) is 0. The molecule has 0 bridgehead atoms. The van der Waals surface area contributed by atoms with Crippen molar-refractivity contribution in [2.75, 3.05) is 0 Å². The predicted molar refractivity (Wildman–Crippen MR) is 177 cm³/mol. The Morgan fingerprint density at radius 3 is 1.90 bits per heavy atom. The van der Waals surface area contributed by atoms with Crippen molar-refractivity contribution in [1.29, 1.82) is 0 Å². The summed E-state index contributed by atoms with van der Waals surface area (Å²) in [6, 6.07) is 38.5. The predicted octanol–water partition coefficient (Wildman–Crippen LogP) is 11.0. The number of rotatable bonds is 5. The molecule has 5 aromatic carbocycles. The first-order valence-electron chi connectivity index (χ1n) is 14.3. The molecule has 0 heterocycles. The van der Waals surface area contributed by atoms with Crippen molar-refractivity contribution in [3.63, 3.8) is 0 Å². The lowest BCUT2D eigenvalue weighted by atomic mass is 9.70. The van der Waals surface area contributed by atoms with Crippen molar-refractivity contribution >= 4 is 17.7 Å². The number of hydrogen-bond acceptors (Lipinski definition) is 0. The lowest BCUT2D eigenvalue weighted by molar-refractivity contribution is 0.794. The van der Waals surface area contributed by atoms with Gasteiger partial charge in [0.2, 0.25) is 0 Å². The van der Waals surface area contributed by atoms with E-state index in [4.69, 9.17) is 0 Å². The Bertz CT molecular complexity index is 1880. The van der Waals surface area contributed by atoms with Crippen LogP contribution in [-0.2, 0) is 5.41 Å². The van der Waals surface area contributed by atoms with Gasteiger partial charge < -0.3 is 0 Å². The summed E-state index contributed by atoms with van der Waals surface area (Å²) in [5, 5.41) is 0. The summed E-state index contributed by atoms with van der Waals surface area (Å²) < 4.78 is 0. The van der Waals surface area contributed by atoms with E-state index >= 15 is 0 Å². The zero-order valence-corrected chi connectivity index (χ0v) is 23.6. The Labute approximate surface area is 243 Å². The van der Waals surface area contributed by atoms with Crippen LogP contribution in [0.15, 0.2) is 135 Å². The molecule has 0 radical (unpaired) electrons. The third kappa shape index (κ3) is 3.41. The van der Waals surface area contributed by atoms with E-state index in [1.165, 1.54) is 72.3 Å². The summed E-state index contributed by atoms with van der Waals surface area (Å²) in [4.78, 5) is 0. The Morgan fingerprint density at radius 1 is 0.634 bits per heavy atom. The van der Waals surface area contributed by atoms with E-state index in [1.54, 1.807) is 0 Å². The number of allylic oxidation sites excluding steroid dienone is 4. The van der Waals surface area contributed by atoms with Gasteiger partial charge in [-0.25, -0.2) is 0 Å². The van der Waals surface area contributed by atoms with E-state index in [0.717, 1.165) is 5.57 Å².